The summed E-state index contributed by atoms with van der Waals surface area (Å²) in [6.07, 6.45) is -13.9. The smallest absolute Gasteiger partial charge is 0.410 e. The highest BCUT2D eigenvalue weighted by molar-refractivity contribution is 7.16. The largest absolute Gasteiger partial charge is 0.440 e. The summed E-state index contributed by atoms with van der Waals surface area (Å²) >= 11 is 0.974. The van der Waals surface area contributed by atoms with Gasteiger partial charge in [-0.3, -0.25) is 9.48 Å². The Balaban J connectivity index is 1.61. The number of rotatable bonds is 7. The van der Waals surface area contributed by atoms with Crippen molar-refractivity contribution in [1.29, 1.82) is 5.26 Å². The first-order chi connectivity index (χ1) is 16.3. The van der Waals surface area contributed by atoms with Crippen molar-refractivity contribution in [2.24, 2.45) is 7.05 Å². The lowest BCUT2D eigenvalue weighted by Crippen LogP contribution is -2.45. The molecule has 4 rings (SSSR count). The second-order valence-corrected chi connectivity index (χ2v) is 8.81. The maximum absolute atomic E-state index is 13.7. The Bertz CT molecular complexity index is 1320. The first-order valence-corrected chi connectivity index (χ1v) is 10.8. The summed E-state index contributed by atoms with van der Waals surface area (Å²) in [6.45, 7) is 1.22. The zero-order valence-corrected chi connectivity index (χ0v) is 18.7. The van der Waals surface area contributed by atoms with E-state index in [1.165, 1.54) is 26.1 Å². The summed E-state index contributed by atoms with van der Waals surface area (Å²) in [5.41, 5.74) is 0.123. The quantitative estimate of drug-likeness (QED) is 0.452. The average Bonchev–Trinajstić information content (AvgIpc) is 3.18. The molecule has 1 amide bonds. The van der Waals surface area contributed by atoms with Gasteiger partial charge in [-0.1, -0.05) is 5.16 Å². The van der Waals surface area contributed by atoms with Crippen LogP contribution < -0.4 is 10.1 Å². The topological polar surface area (TPSA) is 106 Å². The maximum atomic E-state index is 13.7. The molecule has 186 valence electrons. The molecule has 0 bridgehead atoms. The third-order valence-corrected chi connectivity index (χ3v) is 6.10. The second kappa shape index (κ2) is 8.59. The van der Waals surface area contributed by atoms with E-state index < -0.39 is 30.2 Å². The molecule has 1 fully saturated rings. The van der Waals surface area contributed by atoms with Crippen LogP contribution in [-0.2, 0) is 7.05 Å². The van der Waals surface area contributed by atoms with Crippen LogP contribution >= 0.6 is 11.3 Å². The van der Waals surface area contributed by atoms with E-state index >= 15 is 0 Å². The molecule has 0 spiro atoms. The third kappa shape index (κ3) is 4.83. The van der Waals surface area contributed by atoms with Crippen LogP contribution in [0.3, 0.4) is 0 Å². The fourth-order valence-corrected chi connectivity index (χ4v) is 4.09. The average molecular weight is 519 g/mol. The maximum Gasteiger partial charge on any atom is 0.440 e. The molecule has 0 aromatic carbocycles. The Labute approximate surface area is 197 Å². The van der Waals surface area contributed by atoms with Crippen molar-refractivity contribution in [3.05, 3.63) is 28.1 Å². The van der Waals surface area contributed by atoms with E-state index in [0.717, 1.165) is 28.9 Å². The molecule has 8 nitrogen and oxygen atoms in total. The van der Waals surface area contributed by atoms with Gasteiger partial charge >= 0.3 is 12.3 Å². The molecule has 1 N–H and O–H groups in total. The van der Waals surface area contributed by atoms with E-state index in [1.54, 1.807) is 0 Å². The minimum Gasteiger partial charge on any atom is -0.410 e. The lowest BCUT2D eigenvalue weighted by atomic mass is 10.2. The molecule has 3 heterocycles. The minimum atomic E-state index is -5.84. The molecule has 1 saturated carbocycles. The van der Waals surface area contributed by atoms with E-state index in [2.05, 4.69) is 20.3 Å². The highest BCUT2D eigenvalue weighted by Crippen LogP contribution is 2.40. The van der Waals surface area contributed by atoms with Crippen LogP contribution in [0.25, 0.3) is 22.0 Å². The number of nitrogens with zero attached hydrogens (tertiary/aromatic N) is 4. The Morgan fingerprint density at radius 2 is 2.03 bits per heavy atom. The first kappa shape index (κ1) is 24.6. The number of halogens is 6. The summed E-state index contributed by atoms with van der Waals surface area (Å²) < 4.78 is 88.1. The molecule has 3 aromatic rings. The van der Waals surface area contributed by atoms with Gasteiger partial charge in [-0.15, -0.1) is 16.4 Å². The summed E-state index contributed by atoms with van der Waals surface area (Å²) in [4.78, 5) is 12.9. The normalized spacial score (nSPS) is 15.1. The van der Waals surface area contributed by atoms with Gasteiger partial charge in [-0.25, -0.2) is 4.39 Å². The van der Waals surface area contributed by atoms with Gasteiger partial charge in [-0.2, -0.15) is 27.2 Å². The van der Waals surface area contributed by atoms with Crippen molar-refractivity contribution in [2.45, 2.75) is 44.3 Å². The molecular weight excluding hydrogens is 504 g/mol. The molecule has 1 unspecified atom stereocenters. The fourth-order valence-electron chi connectivity index (χ4n) is 3.19. The second-order valence-electron chi connectivity index (χ2n) is 7.76. The number of nitriles is 1. The van der Waals surface area contributed by atoms with E-state index in [9.17, 15) is 36.4 Å². The van der Waals surface area contributed by atoms with Crippen LogP contribution in [0.4, 0.5) is 26.3 Å². The van der Waals surface area contributed by atoms with Crippen molar-refractivity contribution in [1.82, 2.24) is 20.3 Å². The molecule has 1 aliphatic carbocycles. The van der Waals surface area contributed by atoms with Crippen molar-refractivity contribution in [2.75, 3.05) is 0 Å². The standard InChI is InChI=1S/C20H15F6N5O3S/c1-8-15(31(2)29-17(8)33-20(25,26)18(21)19(22,23)24)11-6-12(34-30-11)13-5-10(14(7-27)35-13)16(32)28-9-3-4-9/h5-6,9,18H,3-4H2,1-2H3,(H,28,32). The van der Waals surface area contributed by atoms with Crippen LogP contribution in [0.5, 0.6) is 5.88 Å². The van der Waals surface area contributed by atoms with E-state index in [-0.39, 0.29) is 39.2 Å². The third-order valence-electron chi connectivity index (χ3n) is 5.04. The zero-order chi connectivity index (χ0) is 25.7. The predicted octanol–water partition coefficient (Wildman–Crippen LogP) is 4.75. The van der Waals surface area contributed by atoms with Crippen LogP contribution in [0.1, 0.15) is 33.6 Å². The highest BCUT2D eigenvalue weighted by Gasteiger charge is 2.59. The van der Waals surface area contributed by atoms with Gasteiger partial charge in [0.05, 0.1) is 16.1 Å². The number of thiophene rings is 1. The monoisotopic (exact) mass is 519 g/mol. The number of nitrogens with one attached hydrogen (secondary N) is 1. The number of amides is 1. The Hall–Kier alpha value is -3.54. The number of carbonyl (C=O) groups is 1. The summed E-state index contributed by atoms with van der Waals surface area (Å²) in [6, 6.07) is 4.85. The van der Waals surface area contributed by atoms with Gasteiger partial charge in [0.1, 0.15) is 16.6 Å². The summed E-state index contributed by atoms with van der Waals surface area (Å²) in [5, 5.41) is 19.6. The highest BCUT2D eigenvalue weighted by atomic mass is 32.1. The van der Waals surface area contributed by atoms with Crippen LogP contribution in [-0.4, -0.2) is 45.3 Å². The van der Waals surface area contributed by atoms with Crippen molar-refractivity contribution in [3.63, 3.8) is 0 Å². The van der Waals surface area contributed by atoms with Gasteiger partial charge in [0.25, 0.3) is 12.1 Å². The Kier molecular flexibility index (Phi) is 6.04. The predicted molar refractivity (Wildman–Crippen MR) is 108 cm³/mol. The Morgan fingerprint density at radius 1 is 1.34 bits per heavy atom. The van der Waals surface area contributed by atoms with Gasteiger partial charge in [-0.05, 0) is 25.8 Å². The number of carbonyl (C=O) groups excluding carboxylic acids is 1. The van der Waals surface area contributed by atoms with Gasteiger partial charge in [0.2, 0.25) is 5.88 Å². The number of aryl methyl sites for hydroxylation is 1. The van der Waals surface area contributed by atoms with Crippen LogP contribution in [0, 0.1) is 18.3 Å². The van der Waals surface area contributed by atoms with E-state index in [1.807, 2.05) is 6.07 Å². The van der Waals surface area contributed by atoms with E-state index in [4.69, 9.17) is 4.52 Å². The first-order valence-electron chi connectivity index (χ1n) is 9.95. The number of alkyl halides is 6. The number of ether oxygens (including phenoxy) is 1. The molecule has 0 radical (unpaired) electrons. The lowest BCUT2D eigenvalue weighted by molar-refractivity contribution is -0.305. The molecular formula is C20H15F6N5O3S. The van der Waals surface area contributed by atoms with Crippen LogP contribution in [0.15, 0.2) is 16.7 Å². The molecule has 0 saturated heterocycles. The van der Waals surface area contributed by atoms with E-state index in [0.29, 0.717) is 4.88 Å². The molecule has 3 aromatic heterocycles. The van der Waals surface area contributed by atoms with Crippen molar-refractivity contribution < 1.29 is 40.4 Å². The summed E-state index contributed by atoms with van der Waals surface area (Å²) in [5.74, 6) is -1.19. The minimum absolute atomic E-state index is 0.0502. The number of aromatic nitrogens is 3. The zero-order valence-electron chi connectivity index (χ0n) is 17.9. The molecule has 1 aliphatic rings. The lowest BCUT2D eigenvalue weighted by Gasteiger charge is -2.22. The van der Waals surface area contributed by atoms with Gasteiger partial charge < -0.3 is 14.6 Å². The SMILES string of the molecule is Cc1c(OC(F)(F)C(F)C(F)(F)F)nn(C)c1-c1cc(-c2cc(C(=O)NC3CC3)c(C#N)s2)on1. The van der Waals surface area contributed by atoms with Crippen molar-refractivity contribution >= 4 is 17.2 Å². The molecule has 35 heavy (non-hydrogen) atoms. The number of hydrogen-bond donors (Lipinski definition) is 1. The number of hydrogen-bond acceptors (Lipinski definition) is 7. The molecule has 15 heteroatoms. The van der Waals surface area contributed by atoms with Crippen LogP contribution in [0.2, 0.25) is 0 Å². The molecule has 0 aliphatic heterocycles. The molecule has 1 atom stereocenters. The Morgan fingerprint density at radius 3 is 2.63 bits per heavy atom. The van der Waals surface area contributed by atoms with Crippen molar-refractivity contribution in [3.8, 4) is 34.0 Å². The van der Waals surface area contributed by atoms with Gasteiger partial charge in [0, 0.05) is 24.7 Å². The summed E-state index contributed by atoms with van der Waals surface area (Å²) in [7, 11) is 1.29. The van der Waals surface area contributed by atoms with Gasteiger partial charge in [0.15, 0.2) is 5.76 Å². The fraction of sp³-hybridized carbons (Fsp3) is 0.400.